The number of nitro groups is 2. The minimum Gasteiger partial charge on any atom is -0.418 e. The number of hydrogen-bond acceptors (Lipinski definition) is 6. The minimum atomic E-state index is -0.951. The molecule has 9 heteroatoms. The van der Waals surface area contributed by atoms with E-state index in [1.165, 1.54) is 6.07 Å². The Morgan fingerprint density at radius 1 is 1.15 bits per heavy atom. The summed E-state index contributed by atoms with van der Waals surface area (Å²) in [6.07, 6.45) is 4.95. The molecular formula is C18H25ClN2O6. The van der Waals surface area contributed by atoms with Gasteiger partial charge in [-0.05, 0) is 18.8 Å². The highest BCUT2D eigenvalue weighted by Crippen LogP contribution is 2.41. The normalized spacial score (nSPS) is 13.0. The first kappa shape index (κ1) is 22.8. The maximum Gasteiger partial charge on any atom is 0.329 e. The number of non-ortho nitro benzene ring substituents is 1. The summed E-state index contributed by atoms with van der Waals surface area (Å²) in [5, 5.41) is 21.7. The molecule has 0 heterocycles. The maximum atomic E-state index is 12.1. The molecule has 27 heavy (non-hydrogen) atoms. The molecule has 0 aromatic heterocycles. The fraction of sp³-hybridized carbons (Fsp3) is 0.611. The monoisotopic (exact) mass is 400 g/mol. The quantitative estimate of drug-likeness (QED) is 0.121. The van der Waals surface area contributed by atoms with E-state index >= 15 is 0 Å². The van der Waals surface area contributed by atoms with Gasteiger partial charge in [0.2, 0.25) is 5.75 Å². The topological polar surface area (TPSA) is 113 Å². The van der Waals surface area contributed by atoms with Crippen molar-refractivity contribution in [2.75, 3.05) is 0 Å². The smallest absolute Gasteiger partial charge is 0.329 e. The van der Waals surface area contributed by atoms with Gasteiger partial charge in [0.1, 0.15) is 5.38 Å². The van der Waals surface area contributed by atoms with Crippen molar-refractivity contribution < 1.29 is 19.4 Å². The Morgan fingerprint density at radius 3 is 2.33 bits per heavy atom. The Kier molecular flexibility index (Phi) is 9.14. The summed E-state index contributed by atoms with van der Waals surface area (Å²) in [6.45, 7) is 5.58. The first-order valence-corrected chi connectivity index (χ1v) is 9.48. The molecule has 0 spiro atoms. The van der Waals surface area contributed by atoms with Crippen molar-refractivity contribution in [1.82, 2.24) is 0 Å². The van der Waals surface area contributed by atoms with Gasteiger partial charge in [-0.15, -0.1) is 11.6 Å². The van der Waals surface area contributed by atoms with E-state index in [2.05, 4.69) is 6.92 Å². The summed E-state index contributed by atoms with van der Waals surface area (Å²) in [4.78, 5) is 33.3. The van der Waals surface area contributed by atoms with Crippen molar-refractivity contribution in [2.45, 2.75) is 70.6 Å². The Hall–Kier alpha value is -2.22. The molecule has 0 saturated heterocycles. The van der Waals surface area contributed by atoms with Gasteiger partial charge in [-0.25, -0.2) is 0 Å². The van der Waals surface area contributed by atoms with Gasteiger partial charge in [0.25, 0.3) is 5.69 Å². The van der Waals surface area contributed by atoms with Crippen molar-refractivity contribution in [3.05, 3.63) is 37.9 Å². The van der Waals surface area contributed by atoms with Crippen LogP contribution in [0.4, 0.5) is 11.4 Å². The number of ether oxygens (including phenoxy) is 1. The molecule has 0 saturated carbocycles. The molecule has 8 nitrogen and oxygen atoms in total. The van der Waals surface area contributed by atoms with Gasteiger partial charge in [0.05, 0.1) is 15.9 Å². The number of halogens is 1. The van der Waals surface area contributed by atoms with E-state index in [4.69, 9.17) is 16.3 Å². The number of carbonyl (C=O) groups excluding carboxylic acids is 1. The Balaban J connectivity index is 3.34. The van der Waals surface area contributed by atoms with Crippen LogP contribution in [-0.2, 0) is 4.79 Å². The highest BCUT2D eigenvalue weighted by molar-refractivity contribution is 6.30. The number of esters is 1. The van der Waals surface area contributed by atoms with E-state index in [0.717, 1.165) is 31.7 Å². The predicted molar refractivity (Wildman–Crippen MR) is 102 cm³/mol. The number of alkyl halides is 1. The van der Waals surface area contributed by atoms with Gasteiger partial charge < -0.3 is 4.74 Å². The third-order valence-corrected chi connectivity index (χ3v) is 4.82. The van der Waals surface area contributed by atoms with Crippen LogP contribution in [-0.4, -0.2) is 21.2 Å². The van der Waals surface area contributed by atoms with Crippen LogP contribution >= 0.6 is 11.6 Å². The van der Waals surface area contributed by atoms with Gasteiger partial charge in [-0.1, -0.05) is 46.5 Å². The molecule has 0 aliphatic rings. The molecular weight excluding hydrogens is 376 g/mol. The van der Waals surface area contributed by atoms with E-state index < -0.39 is 32.6 Å². The second kappa shape index (κ2) is 10.8. The van der Waals surface area contributed by atoms with Crippen LogP contribution < -0.4 is 4.74 Å². The van der Waals surface area contributed by atoms with Gasteiger partial charge in [0.15, 0.2) is 0 Å². The molecule has 0 aliphatic heterocycles. The summed E-state index contributed by atoms with van der Waals surface area (Å²) in [7, 11) is 0. The second-order valence-electron chi connectivity index (χ2n) is 6.44. The molecule has 0 bridgehead atoms. The second-order valence-corrected chi connectivity index (χ2v) is 6.97. The van der Waals surface area contributed by atoms with Crippen LogP contribution in [0.5, 0.6) is 5.75 Å². The van der Waals surface area contributed by atoms with Crippen molar-refractivity contribution >= 4 is 28.9 Å². The van der Waals surface area contributed by atoms with E-state index in [1.807, 2.05) is 6.92 Å². The molecule has 0 radical (unpaired) electrons. The average molecular weight is 401 g/mol. The first-order chi connectivity index (χ1) is 12.7. The number of rotatable bonds is 11. The van der Waals surface area contributed by atoms with E-state index in [-0.39, 0.29) is 17.2 Å². The van der Waals surface area contributed by atoms with Crippen LogP contribution in [0.3, 0.4) is 0 Å². The van der Waals surface area contributed by atoms with Gasteiger partial charge >= 0.3 is 11.7 Å². The number of hydrogen-bond donors (Lipinski definition) is 0. The third kappa shape index (κ3) is 6.46. The molecule has 150 valence electrons. The Labute approximate surface area is 163 Å². The number of benzene rings is 1. The molecule has 1 rings (SSSR count). The summed E-state index contributed by atoms with van der Waals surface area (Å²) >= 11 is 5.88. The molecule has 0 aliphatic carbocycles. The zero-order valence-corrected chi connectivity index (χ0v) is 16.5. The zero-order valence-electron chi connectivity index (χ0n) is 15.8. The van der Waals surface area contributed by atoms with Crippen molar-refractivity contribution in [2.24, 2.45) is 0 Å². The van der Waals surface area contributed by atoms with Crippen LogP contribution in [0.25, 0.3) is 0 Å². The van der Waals surface area contributed by atoms with E-state index in [0.29, 0.717) is 12.8 Å². The first-order valence-electron chi connectivity index (χ1n) is 9.05. The van der Waals surface area contributed by atoms with Crippen molar-refractivity contribution in [1.29, 1.82) is 0 Å². The number of carbonyl (C=O) groups is 1. The lowest BCUT2D eigenvalue weighted by Crippen LogP contribution is -2.21. The average Bonchev–Trinajstić information content (AvgIpc) is 2.63. The number of nitro benzene ring substituents is 2. The van der Waals surface area contributed by atoms with Crippen LogP contribution in [0.1, 0.15) is 70.8 Å². The fourth-order valence-electron chi connectivity index (χ4n) is 2.70. The van der Waals surface area contributed by atoms with Crippen molar-refractivity contribution in [3.63, 3.8) is 0 Å². The molecule has 0 fully saturated rings. The lowest BCUT2D eigenvalue weighted by atomic mass is 9.93. The van der Waals surface area contributed by atoms with Gasteiger partial charge in [-0.2, -0.15) is 0 Å². The van der Waals surface area contributed by atoms with E-state index in [9.17, 15) is 25.0 Å². The maximum absolute atomic E-state index is 12.1. The van der Waals surface area contributed by atoms with Crippen LogP contribution in [0.15, 0.2) is 12.1 Å². The Morgan fingerprint density at radius 2 is 1.81 bits per heavy atom. The summed E-state index contributed by atoms with van der Waals surface area (Å²) < 4.78 is 5.24. The standard InChI is InChI=1S/C18H25ClN2O6/c1-4-6-7-8-9-12(3)14-10-13(20(23)24)11-16(21(25)26)17(14)27-18(22)15(19)5-2/h10-12,15H,4-9H2,1-3H3. The van der Waals surface area contributed by atoms with Gasteiger partial charge in [-0.3, -0.25) is 25.0 Å². The summed E-state index contributed by atoms with van der Waals surface area (Å²) in [6, 6.07) is 2.06. The molecule has 2 atom stereocenters. The Bertz CT molecular complexity index is 695. The zero-order chi connectivity index (χ0) is 20.6. The lowest BCUT2D eigenvalue weighted by Gasteiger charge is -2.17. The molecule has 2 unspecified atom stereocenters. The largest absolute Gasteiger partial charge is 0.418 e. The molecule has 1 aromatic rings. The number of nitrogens with zero attached hydrogens (tertiary/aromatic N) is 2. The van der Waals surface area contributed by atoms with Gasteiger partial charge in [0, 0.05) is 11.6 Å². The molecule has 0 N–H and O–H groups in total. The SMILES string of the molecule is CCCCCCC(C)c1cc([N+](=O)[O-])cc([N+](=O)[O-])c1OC(=O)C(Cl)CC. The third-order valence-electron chi connectivity index (χ3n) is 4.33. The van der Waals surface area contributed by atoms with Crippen LogP contribution in [0.2, 0.25) is 0 Å². The highest BCUT2D eigenvalue weighted by Gasteiger charge is 2.30. The highest BCUT2D eigenvalue weighted by atomic mass is 35.5. The van der Waals surface area contributed by atoms with Crippen LogP contribution in [0, 0.1) is 20.2 Å². The summed E-state index contributed by atoms with van der Waals surface area (Å²) in [5.74, 6) is -1.31. The lowest BCUT2D eigenvalue weighted by molar-refractivity contribution is -0.394. The predicted octanol–water partition coefficient (Wildman–Crippen LogP) is 5.50. The van der Waals surface area contributed by atoms with Crippen molar-refractivity contribution in [3.8, 4) is 5.75 Å². The molecule has 1 aromatic carbocycles. The summed E-state index contributed by atoms with van der Waals surface area (Å²) in [5.41, 5.74) is -0.733. The number of unbranched alkanes of at least 4 members (excludes halogenated alkanes) is 3. The van der Waals surface area contributed by atoms with E-state index in [1.54, 1.807) is 6.92 Å². The fourth-order valence-corrected chi connectivity index (χ4v) is 2.75. The molecule has 0 amide bonds. The minimum absolute atomic E-state index is 0.251.